The van der Waals surface area contributed by atoms with Crippen molar-refractivity contribution in [2.45, 2.75) is 59.1 Å². The van der Waals surface area contributed by atoms with E-state index in [0.29, 0.717) is 57.4 Å². The molecule has 1 aliphatic carbocycles. The van der Waals surface area contributed by atoms with Gasteiger partial charge >= 0.3 is 24.1 Å². The molecule has 1 heterocycles. The van der Waals surface area contributed by atoms with Crippen LogP contribution < -0.4 is 15.5 Å². The van der Waals surface area contributed by atoms with E-state index in [4.69, 9.17) is 19.6 Å². The van der Waals surface area contributed by atoms with Gasteiger partial charge in [0.25, 0.3) is 0 Å². The summed E-state index contributed by atoms with van der Waals surface area (Å²) in [6.45, 7) is 7.38. The Kier molecular flexibility index (Phi) is 11.4. The number of piperazine rings is 1. The molecular weight excluding hydrogens is 578 g/mol. The van der Waals surface area contributed by atoms with Crippen LogP contribution in [0.3, 0.4) is 0 Å². The van der Waals surface area contributed by atoms with E-state index in [0.717, 1.165) is 11.3 Å². The van der Waals surface area contributed by atoms with Gasteiger partial charge in [0, 0.05) is 43.5 Å². The molecule has 1 aliphatic heterocycles. The van der Waals surface area contributed by atoms with Gasteiger partial charge in [-0.2, -0.15) is 0 Å². The van der Waals surface area contributed by atoms with Crippen molar-refractivity contribution in [3.05, 3.63) is 65.7 Å². The first-order valence-corrected chi connectivity index (χ1v) is 15.3. The van der Waals surface area contributed by atoms with Gasteiger partial charge in [-0.15, -0.1) is 0 Å². The quantitative estimate of drug-likeness (QED) is 0.170. The number of rotatable bonds is 8. The Morgan fingerprint density at radius 3 is 2.11 bits per heavy atom. The summed E-state index contributed by atoms with van der Waals surface area (Å²) in [5, 5.41) is 13.8. The van der Waals surface area contributed by atoms with Gasteiger partial charge in [-0.05, 0) is 76.3 Å². The Labute approximate surface area is 263 Å². The van der Waals surface area contributed by atoms with Gasteiger partial charge < -0.3 is 29.3 Å². The number of urea groups is 1. The molecule has 0 unspecified atom stereocenters. The van der Waals surface area contributed by atoms with Gasteiger partial charge in [-0.3, -0.25) is 20.3 Å². The molecule has 4 rings (SSSR count). The molecule has 0 aromatic heterocycles. The zero-order chi connectivity index (χ0) is 32.4. The standard InChI is InChI=1S/C33H43N5O7/c1-33(2,3)30(40)45-22-44-29(39)25-9-13-26(14-10-25)35-31(41)38-19-17-37(18-20-38)27-15-11-24(12-16-27)28(34)36-32(42)43-21-23-7-5-4-6-8-23/h4-8,11-12,15-16,25-26H,9-10,13-14,17-22H2,1-3H3,(H,35,41)(H2,34,36,42)/t25-,26-. The van der Waals surface area contributed by atoms with Gasteiger partial charge in [0.05, 0.1) is 11.3 Å². The lowest BCUT2D eigenvalue weighted by Crippen LogP contribution is -2.54. The zero-order valence-electron chi connectivity index (χ0n) is 26.2. The number of ether oxygens (including phenoxy) is 3. The Balaban J connectivity index is 1.13. The summed E-state index contributed by atoms with van der Waals surface area (Å²) in [5.41, 5.74) is 1.73. The molecule has 2 aliphatic rings. The monoisotopic (exact) mass is 621 g/mol. The third kappa shape index (κ3) is 9.95. The van der Waals surface area contributed by atoms with E-state index in [-0.39, 0.29) is 43.2 Å². The van der Waals surface area contributed by atoms with Crippen LogP contribution in [0.25, 0.3) is 0 Å². The highest BCUT2D eigenvalue weighted by molar-refractivity contribution is 6.04. The number of nitrogens with zero attached hydrogens (tertiary/aromatic N) is 2. The van der Waals surface area contributed by atoms with Crippen molar-refractivity contribution in [2.24, 2.45) is 11.3 Å². The molecule has 242 valence electrons. The summed E-state index contributed by atoms with van der Waals surface area (Å²) in [6.07, 6.45) is 1.86. The first-order chi connectivity index (χ1) is 21.5. The first kappa shape index (κ1) is 33.3. The number of carbonyl (C=O) groups is 4. The molecule has 1 saturated heterocycles. The van der Waals surface area contributed by atoms with Crippen molar-refractivity contribution in [1.82, 2.24) is 15.5 Å². The number of carbonyl (C=O) groups excluding carboxylic acids is 4. The molecule has 0 radical (unpaired) electrons. The molecular formula is C33H43N5O7. The lowest BCUT2D eigenvalue weighted by molar-refractivity contribution is -0.176. The Morgan fingerprint density at radius 2 is 1.49 bits per heavy atom. The summed E-state index contributed by atoms with van der Waals surface area (Å²) in [6, 6.07) is 16.6. The van der Waals surface area contributed by atoms with Gasteiger partial charge in [-0.1, -0.05) is 30.3 Å². The number of esters is 2. The molecule has 0 spiro atoms. The van der Waals surface area contributed by atoms with Crippen molar-refractivity contribution < 1.29 is 33.4 Å². The van der Waals surface area contributed by atoms with Gasteiger partial charge in [0.15, 0.2) is 0 Å². The molecule has 2 aromatic carbocycles. The number of alkyl carbamates (subject to hydrolysis) is 1. The smallest absolute Gasteiger partial charge is 0.413 e. The van der Waals surface area contributed by atoms with E-state index in [9.17, 15) is 19.2 Å². The molecule has 2 fully saturated rings. The van der Waals surface area contributed by atoms with E-state index in [1.807, 2.05) is 42.5 Å². The van der Waals surface area contributed by atoms with Crippen LogP contribution in [0.15, 0.2) is 54.6 Å². The SMILES string of the molecule is CC(C)(C)C(=O)OCOC(=O)[C@H]1CC[C@H](NC(=O)N2CCN(c3ccc(C(=N)NC(=O)OCc4ccccc4)cc3)CC2)CC1. The number of hydrogen-bond acceptors (Lipinski definition) is 9. The average Bonchev–Trinajstić information content (AvgIpc) is 3.04. The lowest BCUT2D eigenvalue weighted by atomic mass is 9.86. The number of nitrogens with one attached hydrogen (secondary N) is 3. The molecule has 3 N–H and O–H groups in total. The first-order valence-electron chi connectivity index (χ1n) is 15.3. The number of hydrogen-bond donors (Lipinski definition) is 3. The molecule has 45 heavy (non-hydrogen) atoms. The van der Waals surface area contributed by atoms with Crippen LogP contribution in [0.1, 0.15) is 57.6 Å². The maximum atomic E-state index is 12.9. The lowest BCUT2D eigenvalue weighted by Gasteiger charge is -2.37. The molecule has 12 nitrogen and oxygen atoms in total. The van der Waals surface area contributed by atoms with E-state index < -0.39 is 17.5 Å². The van der Waals surface area contributed by atoms with Crippen LogP contribution in [0.5, 0.6) is 0 Å². The third-order valence-corrected chi connectivity index (χ3v) is 7.92. The highest BCUT2D eigenvalue weighted by Crippen LogP contribution is 2.26. The highest BCUT2D eigenvalue weighted by atomic mass is 16.7. The minimum absolute atomic E-state index is 0.00890. The second kappa shape index (κ2) is 15.4. The third-order valence-electron chi connectivity index (χ3n) is 7.92. The van der Waals surface area contributed by atoms with Gasteiger partial charge in [-0.25, -0.2) is 9.59 Å². The van der Waals surface area contributed by atoms with Crippen LogP contribution in [0.4, 0.5) is 15.3 Å². The maximum absolute atomic E-state index is 12.9. The molecule has 0 atom stereocenters. The summed E-state index contributed by atoms with van der Waals surface area (Å²) in [7, 11) is 0. The predicted octanol–water partition coefficient (Wildman–Crippen LogP) is 4.42. The predicted molar refractivity (Wildman–Crippen MR) is 168 cm³/mol. The van der Waals surface area contributed by atoms with Crippen LogP contribution in [-0.4, -0.2) is 73.8 Å². The van der Waals surface area contributed by atoms with Crippen molar-refractivity contribution in [1.29, 1.82) is 5.41 Å². The molecule has 0 bridgehead atoms. The number of amidine groups is 1. The van der Waals surface area contributed by atoms with E-state index in [2.05, 4.69) is 15.5 Å². The fourth-order valence-electron chi connectivity index (χ4n) is 5.15. The highest BCUT2D eigenvalue weighted by Gasteiger charge is 2.30. The number of amides is 3. The summed E-state index contributed by atoms with van der Waals surface area (Å²) in [5.74, 6) is -1.12. The minimum atomic E-state index is -0.686. The van der Waals surface area contributed by atoms with E-state index >= 15 is 0 Å². The maximum Gasteiger partial charge on any atom is 0.413 e. The Morgan fingerprint density at radius 1 is 0.844 bits per heavy atom. The van der Waals surface area contributed by atoms with Crippen LogP contribution in [-0.2, 0) is 30.4 Å². The molecule has 3 amide bonds. The summed E-state index contributed by atoms with van der Waals surface area (Å²) >= 11 is 0. The second-order valence-corrected chi connectivity index (χ2v) is 12.3. The second-order valence-electron chi connectivity index (χ2n) is 12.3. The summed E-state index contributed by atoms with van der Waals surface area (Å²) in [4.78, 5) is 53.2. The number of anilines is 1. The average molecular weight is 622 g/mol. The zero-order valence-corrected chi connectivity index (χ0v) is 26.2. The largest absolute Gasteiger partial charge is 0.444 e. The molecule has 1 saturated carbocycles. The van der Waals surface area contributed by atoms with E-state index in [1.165, 1.54) is 0 Å². The number of benzene rings is 2. The summed E-state index contributed by atoms with van der Waals surface area (Å²) < 4.78 is 15.4. The topological polar surface area (TPSA) is 150 Å². The molecule has 12 heteroatoms. The normalized spacial score (nSPS) is 18.4. The minimum Gasteiger partial charge on any atom is -0.444 e. The molecule has 2 aromatic rings. The van der Waals surface area contributed by atoms with Crippen molar-refractivity contribution in [2.75, 3.05) is 37.9 Å². The van der Waals surface area contributed by atoms with Crippen molar-refractivity contribution >= 4 is 35.6 Å². The van der Waals surface area contributed by atoms with Crippen LogP contribution >= 0.6 is 0 Å². The fourth-order valence-corrected chi connectivity index (χ4v) is 5.15. The fraction of sp³-hybridized carbons (Fsp3) is 0.485. The van der Waals surface area contributed by atoms with E-state index in [1.54, 1.807) is 37.8 Å². The Hall–Kier alpha value is -4.61. The van der Waals surface area contributed by atoms with Crippen LogP contribution in [0, 0.1) is 16.7 Å². The van der Waals surface area contributed by atoms with Gasteiger partial charge in [0.1, 0.15) is 12.4 Å². The Bertz CT molecular complexity index is 1330. The van der Waals surface area contributed by atoms with Crippen molar-refractivity contribution in [3.8, 4) is 0 Å². The van der Waals surface area contributed by atoms with Gasteiger partial charge in [0.2, 0.25) is 6.79 Å². The van der Waals surface area contributed by atoms with Crippen LogP contribution in [0.2, 0.25) is 0 Å². The van der Waals surface area contributed by atoms with Crippen molar-refractivity contribution in [3.63, 3.8) is 0 Å².